The van der Waals surface area contributed by atoms with Gasteiger partial charge in [0.05, 0.1) is 11.4 Å². The number of sulfone groups is 1. The van der Waals surface area contributed by atoms with Gasteiger partial charge in [-0.25, -0.2) is 17.2 Å². The van der Waals surface area contributed by atoms with Crippen molar-refractivity contribution in [1.29, 1.82) is 0 Å². The number of anilines is 1. The van der Waals surface area contributed by atoms with Crippen molar-refractivity contribution in [3.63, 3.8) is 0 Å². The molecule has 0 saturated heterocycles. The fourth-order valence-corrected chi connectivity index (χ4v) is 3.64. The summed E-state index contributed by atoms with van der Waals surface area (Å²) in [5.74, 6) is -0.508. The van der Waals surface area contributed by atoms with Crippen LogP contribution in [-0.4, -0.2) is 41.8 Å². The lowest BCUT2D eigenvalue weighted by atomic mass is 10.1. The summed E-state index contributed by atoms with van der Waals surface area (Å²) in [5, 5.41) is 6.09. The Balaban J connectivity index is 0.00000450. The monoisotopic (exact) mass is 552 g/mol. The summed E-state index contributed by atoms with van der Waals surface area (Å²) >= 11 is 0. The Hall–Kier alpha value is -1.95. The highest BCUT2D eigenvalue weighted by Gasteiger charge is 2.11. The SMILES string of the molecule is CN=C(NCc1ccc(N(C)C)c(F)c1)NCc1cc(F)ccc1CS(C)(=O)=O.I. The van der Waals surface area contributed by atoms with E-state index >= 15 is 0 Å². The zero-order valence-corrected chi connectivity index (χ0v) is 20.5. The van der Waals surface area contributed by atoms with Crippen molar-refractivity contribution in [2.75, 3.05) is 32.3 Å². The number of benzene rings is 2. The molecule has 0 aliphatic carbocycles. The van der Waals surface area contributed by atoms with Crippen molar-refractivity contribution >= 4 is 45.5 Å². The third-order valence-electron chi connectivity index (χ3n) is 4.21. The maximum atomic E-state index is 14.1. The Morgan fingerprint density at radius 2 is 1.70 bits per heavy atom. The highest BCUT2D eigenvalue weighted by molar-refractivity contribution is 14.0. The second-order valence-electron chi connectivity index (χ2n) is 6.94. The first-order valence-corrected chi connectivity index (χ1v) is 11.0. The molecule has 0 bridgehead atoms. The van der Waals surface area contributed by atoms with Gasteiger partial charge in [-0.1, -0.05) is 12.1 Å². The van der Waals surface area contributed by atoms with E-state index in [1.807, 2.05) is 6.07 Å². The number of guanidine groups is 1. The Kier molecular flexibility index (Phi) is 9.95. The van der Waals surface area contributed by atoms with E-state index in [4.69, 9.17) is 0 Å². The second-order valence-corrected chi connectivity index (χ2v) is 9.08. The minimum absolute atomic E-state index is 0. The van der Waals surface area contributed by atoms with Crippen LogP contribution >= 0.6 is 24.0 Å². The van der Waals surface area contributed by atoms with Crippen molar-refractivity contribution in [3.05, 3.63) is 64.7 Å². The zero-order chi connectivity index (χ0) is 21.6. The van der Waals surface area contributed by atoms with E-state index in [-0.39, 0.29) is 42.1 Å². The van der Waals surface area contributed by atoms with E-state index < -0.39 is 15.7 Å². The number of hydrogen-bond acceptors (Lipinski definition) is 4. The molecule has 10 heteroatoms. The lowest BCUT2D eigenvalue weighted by Crippen LogP contribution is -2.36. The average Bonchev–Trinajstić information content (AvgIpc) is 2.62. The van der Waals surface area contributed by atoms with Crippen LogP contribution in [0.25, 0.3) is 0 Å². The van der Waals surface area contributed by atoms with E-state index in [2.05, 4.69) is 15.6 Å². The number of hydrogen-bond donors (Lipinski definition) is 2. The highest BCUT2D eigenvalue weighted by Crippen LogP contribution is 2.18. The summed E-state index contributed by atoms with van der Waals surface area (Å²) in [5.41, 5.74) is 2.29. The van der Waals surface area contributed by atoms with Gasteiger partial charge in [0.25, 0.3) is 0 Å². The fraction of sp³-hybridized carbons (Fsp3) is 0.350. The Labute approximate surface area is 193 Å². The van der Waals surface area contributed by atoms with Crippen LogP contribution in [0, 0.1) is 11.6 Å². The summed E-state index contributed by atoms with van der Waals surface area (Å²) < 4.78 is 50.9. The summed E-state index contributed by atoms with van der Waals surface area (Å²) in [6.07, 6.45) is 1.13. The molecule has 0 amide bonds. The van der Waals surface area contributed by atoms with Gasteiger partial charge in [-0.05, 0) is 41.0 Å². The molecule has 30 heavy (non-hydrogen) atoms. The Bertz CT molecular complexity index is 998. The van der Waals surface area contributed by atoms with Crippen molar-refractivity contribution in [2.45, 2.75) is 18.8 Å². The number of aliphatic imine (C=N–C) groups is 1. The number of rotatable bonds is 7. The molecule has 166 valence electrons. The minimum atomic E-state index is -3.25. The minimum Gasteiger partial charge on any atom is -0.375 e. The summed E-state index contributed by atoms with van der Waals surface area (Å²) in [4.78, 5) is 5.79. The topological polar surface area (TPSA) is 73.8 Å². The molecule has 0 heterocycles. The first-order valence-electron chi connectivity index (χ1n) is 8.94. The highest BCUT2D eigenvalue weighted by atomic mass is 127. The molecule has 0 aliphatic heterocycles. The van der Waals surface area contributed by atoms with Crippen molar-refractivity contribution in [2.24, 2.45) is 4.99 Å². The van der Waals surface area contributed by atoms with E-state index in [1.165, 1.54) is 24.3 Å². The van der Waals surface area contributed by atoms with Gasteiger partial charge in [-0.15, -0.1) is 24.0 Å². The largest absolute Gasteiger partial charge is 0.375 e. The lowest BCUT2D eigenvalue weighted by Gasteiger charge is -2.16. The molecule has 6 nitrogen and oxygen atoms in total. The van der Waals surface area contributed by atoms with Crippen LogP contribution in [0.5, 0.6) is 0 Å². The van der Waals surface area contributed by atoms with Crippen LogP contribution in [0.2, 0.25) is 0 Å². The van der Waals surface area contributed by atoms with Gasteiger partial charge < -0.3 is 15.5 Å². The van der Waals surface area contributed by atoms with Crippen LogP contribution in [0.4, 0.5) is 14.5 Å². The molecule has 0 fully saturated rings. The van der Waals surface area contributed by atoms with Gasteiger partial charge in [0.15, 0.2) is 15.8 Å². The molecule has 0 radical (unpaired) electrons. The molecule has 2 aromatic rings. The molecular formula is C20H27F2IN4O2S. The van der Waals surface area contributed by atoms with Crippen LogP contribution in [0.15, 0.2) is 41.4 Å². The molecule has 0 aromatic heterocycles. The predicted octanol–water partition coefficient (Wildman–Crippen LogP) is 3.06. The molecule has 0 unspecified atom stereocenters. The molecule has 2 rings (SSSR count). The van der Waals surface area contributed by atoms with Crippen LogP contribution in [0.1, 0.15) is 16.7 Å². The molecule has 0 spiro atoms. The quantitative estimate of drug-likeness (QED) is 0.314. The Morgan fingerprint density at radius 3 is 2.27 bits per heavy atom. The van der Waals surface area contributed by atoms with E-state index in [9.17, 15) is 17.2 Å². The summed E-state index contributed by atoms with van der Waals surface area (Å²) in [7, 11) is 1.87. The van der Waals surface area contributed by atoms with Crippen molar-refractivity contribution < 1.29 is 17.2 Å². The smallest absolute Gasteiger partial charge is 0.191 e. The number of nitrogens with one attached hydrogen (secondary N) is 2. The molecule has 0 saturated carbocycles. The van der Waals surface area contributed by atoms with E-state index in [1.54, 1.807) is 32.1 Å². The van der Waals surface area contributed by atoms with Gasteiger partial charge in [0.1, 0.15) is 11.6 Å². The van der Waals surface area contributed by atoms with Crippen LogP contribution in [0.3, 0.4) is 0 Å². The number of halogens is 3. The maximum absolute atomic E-state index is 14.1. The average molecular weight is 552 g/mol. The standard InChI is InChI=1S/C20H26F2N4O2S.HI/c1-23-20(24-11-14-5-8-19(26(2)3)18(22)9-14)25-12-16-10-17(21)7-6-15(16)13-29(4,27)28;/h5-10H,11-13H2,1-4H3,(H2,23,24,25);1H. The first-order chi connectivity index (χ1) is 13.6. The lowest BCUT2D eigenvalue weighted by molar-refractivity contribution is 0.599. The molecule has 2 N–H and O–H groups in total. The molecule has 2 aromatic carbocycles. The zero-order valence-electron chi connectivity index (χ0n) is 17.4. The number of nitrogens with zero attached hydrogens (tertiary/aromatic N) is 2. The van der Waals surface area contributed by atoms with Crippen LogP contribution < -0.4 is 15.5 Å². The maximum Gasteiger partial charge on any atom is 0.191 e. The second kappa shape index (κ2) is 11.4. The summed E-state index contributed by atoms with van der Waals surface area (Å²) in [6.45, 7) is 0.528. The predicted molar refractivity (Wildman–Crippen MR) is 128 cm³/mol. The van der Waals surface area contributed by atoms with E-state index in [0.29, 0.717) is 29.3 Å². The third kappa shape index (κ3) is 8.05. The van der Waals surface area contributed by atoms with Gasteiger partial charge >= 0.3 is 0 Å². The fourth-order valence-electron chi connectivity index (χ4n) is 2.79. The molecule has 0 aliphatic rings. The van der Waals surface area contributed by atoms with Crippen LogP contribution in [-0.2, 0) is 28.7 Å². The van der Waals surface area contributed by atoms with Gasteiger partial charge in [0, 0.05) is 40.5 Å². The van der Waals surface area contributed by atoms with E-state index in [0.717, 1.165) is 11.8 Å². The van der Waals surface area contributed by atoms with Gasteiger partial charge in [0.2, 0.25) is 0 Å². The van der Waals surface area contributed by atoms with Gasteiger partial charge in [-0.3, -0.25) is 4.99 Å². The Morgan fingerprint density at radius 1 is 1.03 bits per heavy atom. The summed E-state index contributed by atoms with van der Waals surface area (Å²) in [6, 6.07) is 8.98. The van der Waals surface area contributed by atoms with Gasteiger partial charge in [-0.2, -0.15) is 0 Å². The first kappa shape index (κ1) is 26.1. The molecular weight excluding hydrogens is 525 g/mol. The van der Waals surface area contributed by atoms with Crippen molar-refractivity contribution in [1.82, 2.24) is 10.6 Å². The normalized spacial score (nSPS) is 11.6. The third-order valence-corrected chi connectivity index (χ3v) is 5.05. The van der Waals surface area contributed by atoms with Crippen molar-refractivity contribution in [3.8, 4) is 0 Å². The molecule has 0 atom stereocenters.